The fraction of sp³-hybridized carbons (Fsp3) is 0.571. The zero-order chi connectivity index (χ0) is 19.9. The van der Waals surface area contributed by atoms with Crippen molar-refractivity contribution in [1.29, 1.82) is 0 Å². The molecule has 1 aromatic rings. The number of rotatable bonds is 3. The molecule has 2 atom stereocenters. The first-order valence-corrected chi connectivity index (χ1v) is 9.62. The van der Waals surface area contributed by atoms with E-state index < -0.39 is 12.1 Å². The van der Waals surface area contributed by atoms with Crippen LogP contribution >= 0.6 is 0 Å². The van der Waals surface area contributed by atoms with E-state index in [1.54, 1.807) is 17.0 Å². The van der Waals surface area contributed by atoms with E-state index in [1.165, 1.54) is 4.90 Å². The maximum absolute atomic E-state index is 13.2. The smallest absolute Gasteiger partial charge is 0.329 e. The standard InChI is InChI=1S/C21H29N3O3/c1-13(2)14-6-8-15(9-7-14)24-19(26)18-16(22-20(24)27)10-11-23(18)17(25)12-21(3,4)5/h6-9,13,16,18H,10-12H2,1-5H3,(H,22,27). The van der Waals surface area contributed by atoms with Crippen LogP contribution in [-0.4, -0.2) is 41.4 Å². The lowest BCUT2D eigenvalue weighted by atomic mass is 9.91. The maximum Gasteiger partial charge on any atom is 0.329 e. The summed E-state index contributed by atoms with van der Waals surface area (Å²) < 4.78 is 0. The number of anilines is 1. The topological polar surface area (TPSA) is 69.7 Å². The summed E-state index contributed by atoms with van der Waals surface area (Å²) in [5.41, 5.74) is 1.53. The average Bonchev–Trinajstić information content (AvgIpc) is 2.98. The molecule has 0 radical (unpaired) electrons. The number of carbonyl (C=O) groups excluding carboxylic acids is 3. The van der Waals surface area contributed by atoms with Crippen molar-refractivity contribution in [3.63, 3.8) is 0 Å². The second kappa shape index (κ2) is 6.98. The van der Waals surface area contributed by atoms with Crippen LogP contribution in [0.15, 0.2) is 24.3 Å². The highest BCUT2D eigenvalue weighted by molar-refractivity contribution is 6.19. The molecule has 6 nitrogen and oxygen atoms in total. The predicted molar refractivity (Wildman–Crippen MR) is 105 cm³/mol. The first-order chi connectivity index (χ1) is 12.6. The molecule has 0 aliphatic carbocycles. The molecule has 2 fully saturated rings. The quantitative estimate of drug-likeness (QED) is 0.886. The van der Waals surface area contributed by atoms with Gasteiger partial charge < -0.3 is 10.2 Å². The van der Waals surface area contributed by atoms with Crippen LogP contribution in [0.25, 0.3) is 0 Å². The Hall–Kier alpha value is -2.37. The van der Waals surface area contributed by atoms with E-state index >= 15 is 0 Å². The van der Waals surface area contributed by atoms with E-state index in [-0.39, 0.29) is 23.3 Å². The number of nitrogens with zero attached hydrogens (tertiary/aromatic N) is 2. The van der Waals surface area contributed by atoms with Crippen LogP contribution in [0, 0.1) is 5.41 Å². The molecule has 0 saturated carbocycles. The van der Waals surface area contributed by atoms with Crippen LogP contribution in [-0.2, 0) is 9.59 Å². The van der Waals surface area contributed by atoms with E-state index in [1.807, 2.05) is 32.9 Å². The normalized spacial score (nSPS) is 22.9. The van der Waals surface area contributed by atoms with Gasteiger partial charge in [0.05, 0.1) is 11.7 Å². The van der Waals surface area contributed by atoms with E-state index in [0.29, 0.717) is 31.0 Å². The second-order valence-corrected chi connectivity index (χ2v) is 9.03. The zero-order valence-electron chi connectivity index (χ0n) is 16.8. The predicted octanol–water partition coefficient (Wildman–Crippen LogP) is 3.27. The van der Waals surface area contributed by atoms with Crippen molar-refractivity contribution >= 4 is 23.5 Å². The van der Waals surface area contributed by atoms with Gasteiger partial charge >= 0.3 is 6.03 Å². The third kappa shape index (κ3) is 3.84. The molecule has 1 aromatic carbocycles. The van der Waals surface area contributed by atoms with Gasteiger partial charge in [-0.05, 0) is 35.4 Å². The van der Waals surface area contributed by atoms with Crippen molar-refractivity contribution in [3.05, 3.63) is 29.8 Å². The van der Waals surface area contributed by atoms with Crippen molar-refractivity contribution in [1.82, 2.24) is 10.2 Å². The van der Waals surface area contributed by atoms with E-state index in [4.69, 9.17) is 0 Å². The minimum absolute atomic E-state index is 0.0328. The number of nitrogens with one attached hydrogen (secondary N) is 1. The van der Waals surface area contributed by atoms with Crippen LogP contribution in [0.4, 0.5) is 10.5 Å². The van der Waals surface area contributed by atoms with Crippen molar-refractivity contribution in [2.75, 3.05) is 11.4 Å². The minimum Gasteiger partial charge on any atom is -0.332 e. The van der Waals surface area contributed by atoms with E-state index in [9.17, 15) is 14.4 Å². The number of fused-ring (bicyclic) bond motifs is 1. The average molecular weight is 371 g/mol. The van der Waals surface area contributed by atoms with Crippen LogP contribution in [0.3, 0.4) is 0 Å². The molecular formula is C21H29N3O3. The zero-order valence-corrected chi connectivity index (χ0v) is 16.8. The summed E-state index contributed by atoms with van der Waals surface area (Å²) in [5.74, 6) is 0.0186. The lowest BCUT2D eigenvalue weighted by Gasteiger charge is -2.37. The van der Waals surface area contributed by atoms with E-state index in [2.05, 4.69) is 19.2 Å². The molecule has 0 bridgehead atoms. The van der Waals surface area contributed by atoms with Crippen LogP contribution < -0.4 is 10.2 Å². The number of amides is 4. The van der Waals surface area contributed by atoms with Gasteiger partial charge in [0.2, 0.25) is 5.91 Å². The summed E-state index contributed by atoms with van der Waals surface area (Å²) in [6.07, 6.45) is 0.985. The fourth-order valence-electron chi connectivity index (χ4n) is 3.79. The summed E-state index contributed by atoms with van der Waals surface area (Å²) in [6, 6.07) is 6.12. The van der Waals surface area contributed by atoms with Gasteiger partial charge in [-0.15, -0.1) is 0 Å². The first-order valence-electron chi connectivity index (χ1n) is 9.62. The van der Waals surface area contributed by atoms with Crippen LogP contribution in [0.1, 0.15) is 58.9 Å². The first kappa shape index (κ1) is 19.4. The Morgan fingerprint density at radius 3 is 2.37 bits per heavy atom. The molecule has 4 amide bonds. The van der Waals surface area contributed by atoms with Gasteiger partial charge in [-0.25, -0.2) is 9.69 Å². The van der Waals surface area contributed by atoms with E-state index in [0.717, 1.165) is 5.56 Å². The molecule has 1 N–H and O–H groups in total. The summed E-state index contributed by atoms with van der Waals surface area (Å²) in [4.78, 5) is 41.3. The molecule has 3 rings (SSSR count). The van der Waals surface area contributed by atoms with Gasteiger partial charge in [-0.1, -0.05) is 46.8 Å². The summed E-state index contributed by atoms with van der Waals surface area (Å²) >= 11 is 0. The number of hydrogen-bond acceptors (Lipinski definition) is 3. The Bertz CT molecular complexity index is 749. The van der Waals surface area contributed by atoms with Crippen molar-refractivity contribution in [2.24, 2.45) is 5.41 Å². The number of benzene rings is 1. The SMILES string of the molecule is CC(C)c1ccc(N2C(=O)NC3CCN(C(=O)CC(C)(C)C)C3C2=O)cc1. The monoisotopic (exact) mass is 371 g/mol. The summed E-state index contributed by atoms with van der Waals surface area (Å²) in [7, 11) is 0. The third-order valence-corrected chi connectivity index (χ3v) is 5.20. The van der Waals surface area contributed by atoms with Gasteiger partial charge in [0.15, 0.2) is 0 Å². The molecule has 2 saturated heterocycles. The molecule has 2 unspecified atom stereocenters. The molecule has 0 spiro atoms. The molecular weight excluding hydrogens is 342 g/mol. The highest BCUT2D eigenvalue weighted by Crippen LogP contribution is 2.30. The lowest BCUT2D eigenvalue weighted by molar-refractivity contribution is -0.139. The number of urea groups is 1. The Morgan fingerprint density at radius 1 is 1.19 bits per heavy atom. The molecule has 6 heteroatoms. The minimum atomic E-state index is -0.623. The number of imide groups is 1. The number of hydrogen-bond donors (Lipinski definition) is 1. The largest absolute Gasteiger partial charge is 0.332 e. The van der Waals surface area contributed by atoms with Crippen molar-refractivity contribution < 1.29 is 14.4 Å². The second-order valence-electron chi connectivity index (χ2n) is 9.03. The Balaban J connectivity index is 1.85. The highest BCUT2D eigenvalue weighted by atomic mass is 16.2. The molecule has 146 valence electrons. The lowest BCUT2D eigenvalue weighted by Crippen LogP contribution is -2.65. The highest BCUT2D eigenvalue weighted by Gasteiger charge is 2.50. The van der Waals surface area contributed by atoms with Crippen LogP contribution in [0.5, 0.6) is 0 Å². The molecule has 2 aliphatic heterocycles. The molecule has 2 heterocycles. The van der Waals surface area contributed by atoms with Gasteiger partial charge in [0.25, 0.3) is 5.91 Å². The molecule has 0 aromatic heterocycles. The van der Waals surface area contributed by atoms with Crippen LogP contribution in [0.2, 0.25) is 0 Å². The van der Waals surface area contributed by atoms with Gasteiger partial charge in [0.1, 0.15) is 6.04 Å². The summed E-state index contributed by atoms with van der Waals surface area (Å²) in [6.45, 7) is 10.7. The van der Waals surface area contributed by atoms with Crippen molar-refractivity contribution in [2.45, 2.75) is 65.5 Å². The summed E-state index contributed by atoms with van der Waals surface area (Å²) in [5, 5.41) is 2.91. The van der Waals surface area contributed by atoms with Gasteiger partial charge in [0, 0.05) is 13.0 Å². The maximum atomic E-state index is 13.2. The number of carbonyl (C=O) groups is 3. The Kier molecular flexibility index (Phi) is 5.02. The van der Waals surface area contributed by atoms with Gasteiger partial charge in [-0.2, -0.15) is 0 Å². The Labute approximate surface area is 160 Å². The number of likely N-dealkylation sites (tertiary alicyclic amines) is 1. The van der Waals surface area contributed by atoms with Gasteiger partial charge in [-0.3, -0.25) is 9.59 Å². The van der Waals surface area contributed by atoms with Crippen molar-refractivity contribution in [3.8, 4) is 0 Å². The molecule has 27 heavy (non-hydrogen) atoms. The Morgan fingerprint density at radius 2 is 1.81 bits per heavy atom. The molecule has 2 aliphatic rings. The fourth-order valence-corrected chi connectivity index (χ4v) is 3.79. The third-order valence-electron chi connectivity index (χ3n) is 5.20.